The zero-order chi connectivity index (χ0) is 15.7. The fourth-order valence-corrected chi connectivity index (χ4v) is 4.22. The van der Waals surface area contributed by atoms with Gasteiger partial charge in [-0.05, 0) is 36.6 Å². The highest BCUT2D eigenvalue weighted by atomic mass is 32.1. The molecule has 6 heteroatoms. The average Bonchev–Trinajstić information content (AvgIpc) is 3.16. The van der Waals surface area contributed by atoms with Gasteiger partial charge in [0.1, 0.15) is 6.04 Å². The van der Waals surface area contributed by atoms with Crippen molar-refractivity contribution in [1.29, 1.82) is 0 Å². The molecule has 1 N–H and O–H groups in total. The lowest BCUT2D eigenvalue weighted by molar-refractivity contribution is -0.129. The number of rotatable bonds is 5. The van der Waals surface area contributed by atoms with Gasteiger partial charge in [0, 0.05) is 17.5 Å². The smallest absolute Gasteiger partial charge is 0.325 e. The van der Waals surface area contributed by atoms with Crippen LogP contribution in [0.2, 0.25) is 0 Å². The summed E-state index contributed by atoms with van der Waals surface area (Å²) in [5.74, 6) is 0.315. The Balaban J connectivity index is 1.67. The maximum atomic E-state index is 12.5. The third-order valence-corrected chi connectivity index (χ3v) is 5.35. The third kappa shape index (κ3) is 3.03. The number of carbonyl (C=O) groups is 2. The van der Waals surface area contributed by atoms with Crippen molar-refractivity contribution in [2.24, 2.45) is 5.92 Å². The molecule has 0 saturated carbocycles. The van der Waals surface area contributed by atoms with Gasteiger partial charge in [0.05, 0.1) is 6.67 Å². The maximum absolute atomic E-state index is 12.5. The Hall–Kier alpha value is -1.40. The highest BCUT2D eigenvalue weighted by Gasteiger charge is 2.40. The Bertz CT molecular complexity index is 544. The van der Waals surface area contributed by atoms with E-state index in [4.69, 9.17) is 0 Å². The quantitative estimate of drug-likeness (QED) is 0.849. The van der Waals surface area contributed by atoms with E-state index in [1.54, 1.807) is 11.3 Å². The standard InChI is InChI=1S/C16H23N3O2S/c1-11(2)9-12-15(20)19(16(21)17-12)10-18-7-3-5-13(18)14-6-4-8-22-14/h4,6,8,11-13H,3,5,7,9-10H2,1-2H3,(H,17,21). The van der Waals surface area contributed by atoms with Crippen LogP contribution in [0.25, 0.3) is 0 Å². The molecule has 0 radical (unpaired) electrons. The number of urea groups is 1. The van der Waals surface area contributed by atoms with E-state index in [0.29, 0.717) is 25.0 Å². The molecule has 2 aliphatic rings. The topological polar surface area (TPSA) is 52.7 Å². The lowest BCUT2D eigenvalue weighted by atomic mass is 10.0. The predicted molar refractivity (Wildman–Crippen MR) is 86.5 cm³/mol. The van der Waals surface area contributed by atoms with Gasteiger partial charge in [0.15, 0.2) is 0 Å². The van der Waals surface area contributed by atoms with Crippen molar-refractivity contribution in [3.05, 3.63) is 22.4 Å². The molecule has 0 aliphatic carbocycles. The van der Waals surface area contributed by atoms with E-state index in [-0.39, 0.29) is 18.0 Å². The van der Waals surface area contributed by atoms with Crippen molar-refractivity contribution in [1.82, 2.24) is 15.1 Å². The van der Waals surface area contributed by atoms with E-state index in [2.05, 4.69) is 41.6 Å². The molecule has 0 aromatic carbocycles. The predicted octanol–water partition coefficient (Wildman–Crippen LogP) is 2.81. The van der Waals surface area contributed by atoms with Crippen molar-refractivity contribution in [2.75, 3.05) is 13.2 Å². The van der Waals surface area contributed by atoms with Crippen LogP contribution < -0.4 is 5.32 Å². The summed E-state index contributed by atoms with van der Waals surface area (Å²) in [5.41, 5.74) is 0. The molecule has 3 heterocycles. The van der Waals surface area contributed by atoms with Gasteiger partial charge in [-0.1, -0.05) is 19.9 Å². The Kier molecular flexibility index (Phi) is 4.49. The molecular weight excluding hydrogens is 298 g/mol. The number of hydrogen-bond donors (Lipinski definition) is 1. The minimum atomic E-state index is -0.352. The largest absolute Gasteiger partial charge is 0.326 e. The lowest BCUT2D eigenvalue weighted by Gasteiger charge is -2.27. The monoisotopic (exact) mass is 321 g/mol. The molecule has 1 aromatic rings. The van der Waals surface area contributed by atoms with Gasteiger partial charge in [-0.3, -0.25) is 9.69 Å². The van der Waals surface area contributed by atoms with Gasteiger partial charge in [0.2, 0.25) is 0 Å². The van der Waals surface area contributed by atoms with Crippen LogP contribution in [0.15, 0.2) is 17.5 Å². The van der Waals surface area contributed by atoms with Crippen molar-refractivity contribution < 1.29 is 9.59 Å². The van der Waals surface area contributed by atoms with Crippen LogP contribution in [-0.4, -0.2) is 41.0 Å². The van der Waals surface area contributed by atoms with Crippen LogP contribution in [0.1, 0.15) is 44.0 Å². The summed E-state index contributed by atoms with van der Waals surface area (Å²) < 4.78 is 0. The summed E-state index contributed by atoms with van der Waals surface area (Å²) in [6.45, 7) is 5.47. The number of carbonyl (C=O) groups excluding carboxylic acids is 2. The SMILES string of the molecule is CC(C)CC1NC(=O)N(CN2CCCC2c2cccs2)C1=O. The average molecular weight is 321 g/mol. The highest BCUT2D eigenvalue weighted by Crippen LogP contribution is 2.34. The number of imide groups is 1. The van der Waals surface area contributed by atoms with E-state index < -0.39 is 0 Å². The number of amides is 3. The Labute approximate surface area is 135 Å². The van der Waals surface area contributed by atoms with Gasteiger partial charge >= 0.3 is 6.03 Å². The second kappa shape index (κ2) is 6.38. The molecule has 2 unspecified atom stereocenters. The molecule has 3 amide bonds. The first-order valence-electron chi connectivity index (χ1n) is 7.95. The lowest BCUT2D eigenvalue weighted by Crippen LogP contribution is -2.41. The van der Waals surface area contributed by atoms with E-state index in [0.717, 1.165) is 19.4 Å². The molecule has 1 aromatic heterocycles. The van der Waals surface area contributed by atoms with Crippen LogP contribution in [0.3, 0.4) is 0 Å². The fraction of sp³-hybridized carbons (Fsp3) is 0.625. The van der Waals surface area contributed by atoms with Gasteiger partial charge in [0.25, 0.3) is 5.91 Å². The van der Waals surface area contributed by atoms with Crippen LogP contribution in [0.5, 0.6) is 0 Å². The van der Waals surface area contributed by atoms with Crippen molar-refractivity contribution in [3.63, 3.8) is 0 Å². The molecule has 120 valence electrons. The van der Waals surface area contributed by atoms with Crippen LogP contribution in [0, 0.1) is 5.92 Å². The van der Waals surface area contributed by atoms with Crippen molar-refractivity contribution in [2.45, 2.75) is 45.2 Å². The number of nitrogens with one attached hydrogen (secondary N) is 1. The Morgan fingerprint density at radius 2 is 2.23 bits per heavy atom. The van der Waals surface area contributed by atoms with E-state index >= 15 is 0 Å². The molecule has 0 bridgehead atoms. The number of nitrogens with zero attached hydrogens (tertiary/aromatic N) is 2. The van der Waals surface area contributed by atoms with E-state index in [9.17, 15) is 9.59 Å². The summed E-state index contributed by atoms with van der Waals surface area (Å²) in [7, 11) is 0. The normalized spacial score (nSPS) is 26.2. The van der Waals surface area contributed by atoms with Gasteiger partial charge < -0.3 is 5.32 Å². The maximum Gasteiger partial charge on any atom is 0.325 e. The van der Waals surface area contributed by atoms with Crippen LogP contribution in [0.4, 0.5) is 4.79 Å². The number of hydrogen-bond acceptors (Lipinski definition) is 4. The Morgan fingerprint density at radius 1 is 1.41 bits per heavy atom. The Morgan fingerprint density at radius 3 is 2.91 bits per heavy atom. The second-order valence-electron chi connectivity index (χ2n) is 6.53. The van der Waals surface area contributed by atoms with Gasteiger partial charge in [-0.15, -0.1) is 11.3 Å². The van der Waals surface area contributed by atoms with E-state index in [1.165, 1.54) is 9.78 Å². The summed E-state index contributed by atoms with van der Waals surface area (Å²) in [6.07, 6.45) is 2.91. The zero-order valence-electron chi connectivity index (χ0n) is 13.1. The molecule has 2 fully saturated rings. The van der Waals surface area contributed by atoms with Crippen LogP contribution >= 0.6 is 11.3 Å². The molecule has 22 heavy (non-hydrogen) atoms. The van der Waals surface area contributed by atoms with Crippen LogP contribution in [-0.2, 0) is 4.79 Å². The molecule has 5 nitrogen and oxygen atoms in total. The molecule has 2 saturated heterocycles. The first-order valence-corrected chi connectivity index (χ1v) is 8.83. The fourth-order valence-electron chi connectivity index (χ4n) is 3.32. The zero-order valence-corrected chi connectivity index (χ0v) is 13.9. The van der Waals surface area contributed by atoms with Gasteiger partial charge in [-0.2, -0.15) is 0 Å². The third-order valence-electron chi connectivity index (χ3n) is 4.37. The summed E-state index contributed by atoms with van der Waals surface area (Å²) in [4.78, 5) is 29.5. The summed E-state index contributed by atoms with van der Waals surface area (Å²) in [5, 5.41) is 4.90. The summed E-state index contributed by atoms with van der Waals surface area (Å²) in [6, 6.07) is 3.94. The molecule has 3 rings (SSSR count). The minimum absolute atomic E-state index is 0.0736. The van der Waals surface area contributed by atoms with Gasteiger partial charge in [-0.25, -0.2) is 9.69 Å². The number of likely N-dealkylation sites (tertiary alicyclic amines) is 1. The highest BCUT2D eigenvalue weighted by molar-refractivity contribution is 7.10. The van der Waals surface area contributed by atoms with E-state index in [1.807, 2.05) is 0 Å². The molecule has 0 spiro atoms. The number of thiophene rings is 1. The molecule has 2 aliphatic heterocycles. The van der Waals surface area contributed by atoms with Crippen molar-refractivity contribution >= 4 is 23.3 Å². The minimum Gasteiger partial charge on any atom is -0.326 e. The summed E-state index contributed by atoms with van der Waals surface area (Å²) >= 11 is 1.75. The second-order valence-corrected chi connectivity index (χ2v) is 7.50. The first-order chi connectivity index (χ1) is 10.6. The first kappa shape index (κ1) is 15.5. The van der Waals surface area contributed by atoms with Crippen molar-refractivity contribution in [3.8, 4) is 0 Å². The molecule has 2 atom stereocenters. The molecular formula is C16H23N3O2S.